The number of hydrogen-bond donors (Lipinski definition) is 2. The Morgan fingerprint density at radius 2 is 2.05 bits per heavy atom. The van der Waals surface area contributed by atoms with E-state index >= 15 is 0 Å². The predicted octanol–water partition coefficient (Wildman–Crippen LogP) is 1.47. The highest BCUT2D eigenvalue weighted by Gasteiger charge is 2.33. The minimum absolute atomic E-state index is 0.373. The normalized spacial score (nSPS) is 23.1. The van der Waals surface area contributed by atoms with Crippen molar-refractivity contribution in [2.75, 3.05) is 11.4 Å². The van der Waals surface area contributed by atoms with Crippen molar-refractivity contribution in [2.24, 2.45) is 11.7 Å². The quantitative estimate of drug-likeness (QED) is 0.864. The number of aliphatic carboxylic acids is 1. The molecule has 0 radical (unpaired) electrons. The Balaban J connectivity index is 2.39. The molecule has 2 unspecified atom stereocenters. The number of nitrogens with zero attached hydrogens (tertiary/aromatic N) is 1. The number of para-hydroxylation sites is 1. The van der Waals surface area contributed by atoms with Gasteiger partial charge in [0.15, 0.2) is 0 Å². The molecule has 1 amide bonds. The smallest absolute Gasteiger partial charge is 0.326 e. The molecular formula is C14H18N2O3. The van der Waals surface area contributed by atoms with Crippen LogP contribution in [0.15, 0.2) is 24.3 Å². The fraction of sp³-hybridized carbons (Fsp3) is 0.429. The van der Waals surface area contributed by atoms with Crippen LogP contribution in [0.1, 0.15) is 30.1 Å². The SMILES string of the molecule is CC1CCN(c2ccccc2C(N)=O)C(C(=O)O)C1. The number of anilines is 1. The average Bonchev–Trinajstić information content (AvgIpc) is 2.38. The van der Waals surface area contributed by atoms with Gasteiger partial charge in [0.25, 0.3) is 5.91 Å². The van der Waals surface area contributed by atoms with Gasteiger partial charge in [-0.15, -0.1) is 0 Å². The molecule has 0 saturated carbocycles. The molecule has 1 aliphatic heterocycles. The topological polar surface area (TPSA) is 83.6 Å². The van der Waals surface area contributed by atoms with Crippen LogP contribution in [0.5, 0.6) is 0 Å². The van der Waals surface area contributed by atoms with Gasteiger partial charge in [-0.2, -0.15) is 0 Å². The lowest BCUT2D eigenvalue weighted by atomic mass is 9.91. The van der Waals surface area contributed by atoms with E-state index in [-0.39, 0.29) is 0 Å². The third-order valence-corrected chi connectivity index (χ3v) is 3.63. The van der Waals surface area contributed by atoms with E-state index in [2.05, 4.69) is 0 Å². The summed E-state index contributed by atoms with van der Waals surface area (Å²) >= 11 is 0. The Labute approximate surface area is 112 Å². The van der Waals surface area contributed by atoms with Gasteiger partial charge in [-0.1, -0.05) is 19.1 Å². The van der Waals surface area contributed by atoms with E-state index < -0.39 is 17.9 Å². The third-order valence-electron chi connectivity index (χ3n) is 3.63. The van der Waals surface area contributed by atoms with Gasteiger partial charge in [-0.3, -0.25) is 4.79 Å². The minimum Gasteiger partial charge on any atom is -0.480 e. The van der Waals surface area contributed by atoms with Gasteiger partial charge in [0.05, 0.1) is 11.3 Å². The van der Waals surface area contributed by atoms with Crippen molar-refractivity contribution >= 4 is 17.6 Å². The van der Waals surface area contributed by atoms with Crippen LogP contribution in [0, 0.1) is 5.92 Å². The van der Waals surface area contributed by atoms with Crippen molar-refractivity contribution in [1.29, 1.82) is 0 Å². The van der Waals surface area contributed by atoms with Gasteiger partial charge in [0, 0.05) is 6.54 Å². The second kappa shape index (κ2) is 5.30. The molecule has 2 rings (SSSR count). The summed E-state index contributed by atoms with van der Waals surface area (Å²) in [5.74, 6) is -1.01. The molecule has 3 N–H and O–H groups in total. The number of hydrogen-bond acceptors (Lipinski definition) is 3. The van der Waals surface area contributed by atoms with Crippen LogP contribution in [-0.4, -0.2) is 29.6 Å². The van der Waals surface area contributed by atoms with Gasteiger partial charge in [-0.25, -0.2) is 4.79 Å². The molecule has 1 saturated heterocycles. The Bertz CT molecular complexity index is 501. The van der Waals surface area contributed by atoms with E-state index in [1.807, 2.05) is 6.92 Å². The summed E-state index contributed by atoms with van der Waals surface area (Å²) in [6.07, 6.45) is 1.50. The van der Waals surface area contributed by atoms with Crippen LogP contribution in [0.2, 0.25) is 0 Å². The lowest BCUT2D eigenvalue weighted by Gasteiger charge is -2.38. The molecule has 1 aliphatic rings. The number of nitrogens with two attached hydrogens (primary N) is 1. The first-order valence-corrected chi connectivity index (χ1v) is 6.39. The summed E-state index contributed by atoms with van der Waals surface area (Å²) in [5.41, 5.74) is 6.35. The summed E-state index contributed by atoms with van der Waals surface area (Å²) in [7, 11) is 0. The first kappa shape index (κ1) is 13.4. The van der Waals surface area contributed by atoms with E-state index in [1.165, 1.54) is 0 Å². The fourth-order valence-corrected chi connectivity index (χ4v) is 2.60. The molecule has 1 heterocycles. The standard InChI is InChI=1S/C14H18N2O3/c1-9-6-7-16(12(8-9)14(18)19)11-5-3-2-4-10(11)13(15)17/h2-5,9,12H,6-8H2,1H3,(H2,15,17)(H,18,19). The van der Waals surface area contributed by atoms with E-state index in [0.717, 1.165) is 6.42 Å². The molecule has 2 atom stereocenters. The van der Waals surface area contributed by atoms with E-state index in [0.29, 0.717) is 30.1 Å². The van der Waals surface area contributed by atoms with E-state index in [9.17, 15) is 14.7 Å². The van der Waals surface area contributed by atoms with Gasteiger partial charge in [-0.05, 0) is 30.9 Å². The highest BCUT2D eigenvalue weighted by molar-refractivity contribution is 5.99. The molecule has 0 spiro atoms. The van der Waals surface area contributed by atoms with Crippen molar-refractivity contribution in [2.45, 2.75) is 25.8 Å². The average molecular weight is 262 g/mol. The monoisotopic (exact) mass is 262 g/mol. The maximum absolute atomic E-state index is 11.5. The van der Waals surface area contributed by atoms with Crippen LogP contribution in [-0.2, 0) is 4.79 Å². The number of carboxylic acids is 1. The molecule has 5 heteroatoms. The van der Waals surface area contributed by atoms with Crippen molar-refractivity contribution in [3.05, 3.63) is 29.8 Å². The molecule has 0 aromatic heterocycles. The van der Waals surface area contributed by atoms with Crippen molar-refractivity contribution in [1.82, 2.24) is 0 Å². The zero-order valence-electron chi connectivity index (χ0n) is 10.9. The summed E-state index contributed by atoms with van der Waals surface area (Å²) in [6.45, 7) is 2.68. The zero-order valence-corrected chi connectivity index (χ0v) is 10.9. The highest BCUT2D eigenvalue weighted by Crippen LogP contribution is 2.30. The van der Waals surface area contributed by atoms with Crippen LogP contribution in [0.4, 0.5) is 5.69 Å². The third kappa shape index (κ3) is 2.70. The lowest BCUT2D eigenvalue weighted by Crippen LogP contribution is -2.47. The second-order valence-corrected chi connectivity index (χ2v) is 5.06. The van der Waals surface area contributed by atoms with Crippen LogP contribution < -0.4 is 10.6 Å². The van der Waals surface area contributed by atoms with Gasteiger partial charge >= 0.3 is 5.97 Å². The number of benzene rings is 1. The molecule has 1 aromatic carbocycles. The molecule has 0 bridgehead atoms. The minimum atomic E-state index is -0.856. The number of piperidine rings is 1. The highest BCUT2D eigenvalue weighted by atomic mass is 16.4. The Morgan fingerprint density at radius 1 is 1.37 bits per heavy atom. The van der Waals surface area contributed by atoms with Crippen LogP contribution in [0.3, 0.4) is 0 Å². The molecule has 5 nitrogen and oxygen atoms in total. The Kier molecular flexibility index (Phi) is 3.74. The van der Waals surface area contributed by atoms with Crippen LogP contribution >= 0.6 is 0 Å². The molecular weight excluding hydrogens is 244 g/mol. The summed E-state index contributed by atoms with van der Waals surface area (Å²) < 4.78 is 0. The predicted molar refractivity (Wildman–Crippen MR) is 72.1 cm³/mol. The molecule has 19 heavy (non-hydrogen) atoms. The number of carbonyl (C=O) groups excluding carboxylic acids is 1. The first-order valence-electron chi connectivity index (χ1n) is 6.39. The maximum atomic E-state index is 11.5. The number of amides is 1. The van der Waals surface area contributed by atoms with Crippen molar-refractivity contribution in [3.8, 4) is 0 Å². The fourth-order valence-electron chi connectivity index (χ4n) is 2.60. The van der Waals surface area contributed by atoms with Gasteiger partial charge in [0.1, 0.15) is 6.04 Å². The number of carboxylic acid groups (broad SMARTS) is 1. The largest absolute Gasteiger partial charge is 0.480 e. The lowest BCUT2D eigenvalue weighted by molar-refractivity contribution is -0.139. The Hall–Kier alpha value is -2.04. The van der Waals surface area contributed by atoms with Crippen molar-refractivity contribution < 1.29 is 14.7 Å². The Morgan fingerprint density at radius 3 is 2.68 bits per heavy atom. The number of rotatable bonds is 3. The molecule has 102 valence electrons. The van der Waals surface area contributed by atoms with Crippen LogP contribution in [0.25, 0.3) is 0 Å². The molecule has 1 aromatic rings. The summed E-state index contributed by atoms with van der Waals surface area (Å²) in [6, 6.07) is 6.31. The molecule has 0 aliphatic carbocycles. The number of primary amides is 1. The van der Waals surface area contributed by atoms with Gasteiger partial charge in [0.2, 0.25) is 0 Å². The maximum Gasteiger partial charge on any atom is 0.326 e. The van der Waals surface area contributed by atoms with Gasteiger partial charge < -0.3 is 15.7 Å². The zero-order chi connectivity index (χ0) is 14.0. The van der Waals surface area contributed by atoms with Crippen molar-refractivity contribution in [3.63, 3.8) is 0 Å². The number of carbonyl (C=O) groups is 2. The first-order chi connectivity index (χ1) is 9.00. The summed E-state index contributed by atoms with van der Waals surface area (Å²) in [4.78, 5) is 24.6. The van der Waals surface area contributed by atoms with E-state index in [1.54, 1.807) is 29.2 Å². The van der Waals surface area contributed by atoms with E-state index in [4.69, 9.17) is 5.73 Å². The summed E-state index contributed by atoms with van der Waals surface area (Å²) in [5, 5.41) is 9.36. The second-order valence-electron chi connectivity index (χ2n) is 5.06. The molecule has 1 fully saturated rings.